The van der Waals surface area contributed by atoms with Crippen LogP contribution in [0.15, 0.2) is 47.5 Å². The third-order valence-corrected chi connectivity index (χ3v) is 3.71. The minimum atomic E-state index is -4.45. The first kappa shape index (κ1) is 18.8. The van der Waals surface area contributed by atoms with Crippen LogP contribution in [0.5, 0.6) is 0 Å². The molecule has 0 bridgehead atoms. The highest BCUT2D eigenvalue weighted by Gasteiger charge is 2.32. The fraction of sp³-hybridized carbons (Fsp3) is 0.333. The third kappa shape index (κ3) is 4.95. The SMILES string of the molecule is CC(C)(Cc1c[nH]ccc1=O)C(=O)OCc1cccc(C(F)(F)F)c1. The predicted octanol–water partition coefficient (Wildman–Crippen LogP) is 3.71. The summed E-state index contributed by atoms with van der Waals surface area (Å²) in [7, 11) is 0. The summed E-state index contributed by atoms with van der Waals surface area (Å²) in [6.07, 6.45) is -1.28. The summed E-state index contributed by atoms with van der Waals surface area (Å²) in [5.74, 6) is -0.590. The average Bonchev–Trinajstić information content (AvgIpc) is 2.54. The number of rotatable bonds is 5. The van der Waals surface area contributed by atoms with Crippen LogP contribution in [0.1, 0.15) is 30.5 Å². The van der Waals surface area contributed by atoms with Crippen molar-refractivity contribution < 1.29 is 22.7 Å². The predicted molar refractivity (Wildman–Crippen MR) is 85.8 cm³/mol. The minimum absolute atomic E-state index is 0.157. The monoisotopic (exact) mass is 353 g/mol. The van der Waals surface area contributed by atoms with Gasteiger partial charge in [-0.25, -0.2) is 0 Å². The normalized spacial score (nSPS) is 12.0. The van der Waals surface area contributed by atoms with E-state index in [-0.39, 0.29) is 24.0 Å². The van der Waals surface area contributed by atoms with Gasteiger partial charge in [-0.3, -0.25) is 9.59 Å². The number of ether oxygens (including phenoxy) is 1. The average molecular weight is 353 g/mol. The van der Waals surface area contributed by atoms with Crippen molar-refractivity contribution in [3.05, 3.63) is 69.6 Å². The minimum Gasteiger partial charge on any atom is -0.460 e. The molecule has 2 rings (SSSR count). The Morgan fingerprint density at radius 2 is 1.92 bits per heavy atom. The van der Waals surface area contributed by atoms with Gasteiger partial charge in [-0.2, -0.15) is 13.2 Å². The lowest BCUT2D eigenvalue weighted by atomic mass is 9.86. The van der Waals surface area contributed by atoms with Crippen molar-refractivity contribution in [1.82, 2.24) is 4.98 Å². The van der Waals surface area contributed by atoms with Crippen LogP contribution in [-0.4, -0.2) is 11.0 Å². The number of alkyl halides is 3. The first-order valence-corrected chi connectivity index (χ1v) is 7.59. The lowest BCUT2D eigenvalue weighted by Gasteiger charge is -2.22. The van der Waals surface area contributed by atoms with Gasteiger partial charge in [-0.05, 0) is 38.0 Å². The highest BCUT2D eigenvalue weighted by Crippen LogP contribution is 2.30. The highest BCUT2D eigenvalue weighted by molar-refractivity contribution is 5.76. The number of nitrogens with one attached hydrogen (secondary N) is 1. The zero-order chi connectivity index (χ0) is 18.7. The summed E-state index contributed by atoms with van der Waals surface area (Å²) in [6.45, 7) is 2.97. The van der Waals surface area contributed by atoms with Gasteiger partial charge in [-0.1, -0.05) is 12.1 Å². The number of hydrogen-bond acceptors (Lipinski definition) is 3. The number of carbonyl (C=O) groups excluding carboxylic acids is 1. The first-order valence-electron chi connectivity index (χ1n) is 7.59. The second-order valence-corrected chi connectivity index (χ2v) is 6.37. The van der Waals surface area contributed by atoms with Crippen LogP contribution in [0, 0.1) is 5.41 Å². The number of aromatic nitrogens is 1. The van der Waals surface area contributed by atoms with E-state index < -0.39 is 23.1 Å². The maximum Gasteiger partial charge on any atom is 0.416 e. The van der Waals surface area contributed by atoms with E-state index >= 15 is 0 Å². The Balaban J connectivity index is 2.04. The quantitative estimate of drug-likeness (QED) is 0.834. The fourth-order valence-electron chi connectivity index (χ4n) is 2.32. The van der Waals surface area contributed by atoms with Gasteiger partial charge in [0.05, 0.1) is 11.0 Å². The fourth-order valence-corrected chi connectivity index (χ4v) is 2.32. The van der Waals surface area contributed by atoms with Gasteiger partial charge in [0.15, 0.2) is 5.43 Å². The van der Waals surface area contributed by atoms with Crippen molar-refractivity contribution in [3.8, 4) is 0 Å². The smallest absolute Gasteiger partial charge is 0.416 e. The molecule has 25 heavy (non-hydrogen) atoms. The lowest BCUT2D eigenvalue weighted by molar-refractivity contribution is -0.155. The maximum absolute atomic E-state index is 12.7. The summed E-state index contributed by atoms with van der Waals surface area (Å²) in [5.41, 5.74) is -1.30. The summed E-state index contributed by atoms with van der Waals surface area (Å²) < 4.78 is 43.2. The van der Waals surface area contributed by atoms with Crippen LogP contribution in [0.3, 0.4) is 0 Å². The van der Waals surface area contributed by atoms with Gasteiger partial charge in [0.25, 0.3) is 0 Å². The number of benzene rings is 1. The number of halogens is 3. The molecule has 0 saturated carbocycles. The lowest BCUT2D eigenvalue weighted by Crippen LogP contribution is -2.30. The molecule has 0 spiro atoms. The van der Waals surface area contributed by atoms with E-state index in [9.17, 15) is 22.8 Å². The molecule has 1 N–H and O–H groups in total. The number of pyridine rings is 1. The number of esters is 1. The van der Waals surface area contributed by atoms with Crippen LogP contribution in [0.2, 0.25) is 0 Å². The van der Waals surface area contributed by atoms with Crippen molar-refractivity contribution in [3.63, 3.8) is 0 Å². The van der Waals surface area contributed by atoms with E-state index in [1.54, 1.807) is 13.8 Å². The van der Waals surface area contributed by atoms with Crippen LogP contribution >= 0.6 is 0 Å². The first-order chi connectivity index (χ1) is 11.6. The topological polar surface area (TPSA) is 59.2 Å². The molecule has 0 radical (unpaired) electrons. The molecule has 7 heteroatoms. The molecule has 1 aromatic heterocycles. The Morgan fingerprint density at radius 3 is 2.56 bits per heavy atom. The second kappa shape index (κ2) is 7.13. The van der Waals surface area contributed by atoms with Crippen LogP contribution in [0.4, 0.5) is 13.2 Å². The van der Waals surface area contributed by atoms with E-state index in [0.717, 1.165) is 12.1 Å². The molecule has 2 aromatic rings. The summed E-state index contributed by atoms with van der Waals surface area (Å²) >= 11 is 0. The van der Waals surface area contributed by atoms with Crippen molar-refractivity contribution in [1.29, 1.82) is 0 Å². The molecule has 0 aliphatic carbocycles. The van der Waals surface area contributed by atoms with E-state index in [0.29, 0.717) is 5.56 Å². The molecular formula is C18H18F3NO3. The second-order valence-electron chi connectivity index (χ2n) is 6.37. The largest absolute Gasteiger partial charge is 0.460 e. The van der Waals surface area contributed by atoms with Crippen molar-refractivity contribution in [2.75, 3.05) is 0 Å². The zero-order valence-corrected chi connectivity index (χ0v) is 13.8. The molecule has 4 nitrogen and oxygen atoms in total. The Hall–Kier alpha value is -2.57. The van der Waals surface area contributed by atoms with Crippen molar-refractivity contribution in [2.24, 2.45) is 5.41 Å². The van der Waals surface area contributed by atoms with Gasteiger partial charge >= 0.3 is 12.1 Å². The van der Waals surface area contributed by atoms with Gasteiger partial charge in [0, 0.05) is 24.0 Å². The number of aromatic amines is 1. The van der Waals surface area contributed by atoms with E-state index in [4.69, 9.17) is 4.74 Å². The Bertz CT molecular complexity index is 809. The Kier molecular flexibility index (Phi) is 5.35. The van der Waals surface area contributed by atoms with Gasteiger partial charge < -0.3 is 9.72 Å². The van der Waals surface area contributed by atoms with Crippen molar-refractivity contribution >= 4 is 5.97 Å². The van der Waals surface area contributed by atoms with E-state index in [1.165, 1.54) is 30.6 Å². The zero-order valence-electron chi connectivity index (χ0n) is 13.8. The van der Waals surface area contributed by atoms with E-state index in [2.05, 4.69) is 4.98 Å². The third-order valence-electron chi connectivity index (χ3n) is 3.71. The molecule has 0 saturated heterocycles. The molecule has 0 aliphatic heterocycles. The van der Waals surface area contributed by atoms with Gasteiger partial charge in [0.2, 0.25) is 0 Å². The number of carbonyl (C=O) groups is 1. The molecule has 0 amide bonds. The standard InChI is InChI=1S/C18H18F3NO3/c1-17(2,9-13-10-22-7-6-15(13)23)16(24)25-11-12-4-3-5-14(8-12)18(19,20)21/h3-8,10H,9,11H2,1-2H3,(H,22,23). The molecule has 134 valence electrons. The van der Waals surface area contributed by atoms with Gasteiger partial charge in [-0.15, -0.1) is 0 Å². The van der Waals surface area contributed by atoms with Crippen LogP contribution in [-0.2, 0) is 28.7 Å². The highest BCUT2D eigenvalue weighted by atomic mass is 19.4. The Morgan fingerprint density at radius 1 is 1.20 bits per heavy atom. The molecule has 0 fully saturated rings. The maximum atomic E-state index is 12.7. The van der Waals surface area contributed by atoms with E-state index in [1.807, 2.05) is 0 Å². The molecule has 1 heterocycles. The van der Waals surface area contributed by atoms with Crippen LogP contribution in [0.25, 0.3) is 0 Å². The summed E-state index contributed by atoms with van der Waals surface area (Å²) in [4.78, 5) is 26.8. The molecule has 0 aliphatic rings. The molecule has 1 aromatic carbocycles. The molecule has 0 atom stereocenters. The Labute approximate surface area is 142 Å². The molecular weight excluding hydrogens is 335 g/mol. The molecule has 0 unspecified atom stereocenters. The summed E-state index contributed by atoms with van der Waals surface area (Å²) in [5, 5.41) is 0. The van der Waals surface area contributed by atoms with Gasteiger partial charge in [0.1, 0.15) is 6.61 Å². The van der Waals surface area contributed by atoms with Crippen LogP contribution < -0.4 is 5.43 Å². The number of hydrogen-bond donors (Lipinski definition) is 1. The number of H-pyrrole nitrogens is 1. The summed E-state index contributed by atoms with van der Waals surface area (Å²) in [6, 6.07) is 5.98. The van der Waals surface area contributed by atoms with Crippen molar-refractivity contribution in [2.45, 2.75) is 33.1 Å².